The molecule has 1 aliphatic rings. The Kier molecular flexibility index (Phi) is 5.00. The second-order valence-corrected chi connectivity index (χ2v) is 6.19. The van der Waals surface area contributed by atoms with Crippen molar-refractivity contribution in [2.24, 2.45) is 5.73 Å². The highest BCUT2D eigenvalue weighted by Gasteiger charge is 2.26. The summed E-state index contributed by atoms with van der Waals surface area (Å²) in [5.41, 5.74) is 5.21. The number of rotatable bonds is 4. The lowest BCUT2D eigenvalue weighted by atomic mass is 10.0. The molecular formula is C14H21N3O2S. The zero-order chi connectivity index (χ0) is 14.5. The molecule has 6 heteroatoms. The second-order valence-electron chi connectivity index (χ2n) is 5.21. The largest absolute Gasteiger partial charge is 0.352 e. The molecule has 0 aromatic carbocycles. The van der Waals surface area contributed by atoms with Crippen molar-refractivity contribution in [2.75, 3.05) is 6.54 Å². The summed E-state index contributed by atoms with van der Waals surface area (Å²) in [7, 11) is 0. The summed E-state index contributed by atoms with van der Waals surface area (Å²) in [6, 6.07) is 3.19. The van der Waals surface area contributed by atoms with Crippen molar-refractivity contribution >= 4 is 23.3 Å². The van der Waals surface area contributed by atoms with E-state index in [0.29, 0.717) is 0 Å². The van der Waals surface area contributed by atoms with Gasteiger partial charge in [-0.1, -0.05) is 6.07 Å². The van der Waals surface area contributed by atoms with E-state index in [1.807, 2.05) is 22.4 Å². The Bertz CT molecular complexity index is 461. The van der Waals surface area contributed by atoms with Gasteiger partial charge in [-0.05, 0) is 37.6 Å². The van der Waals surface area contributed by atoms with Crippen LogP contribution in [-0.4, -0.2) is 29.4 Å². The number of nitrogens with one attached hydrogen (secondary N) is 1. The maximum Gasteiger partial charge on any atom is 0.312 e. The van der Waals surface area contributed by atoms with Crippen LogP contribution in [0.3, 0.4) is 0 Å². The van der Waals surface area contributed by atoms with Crippen LogP contribution in [0.25, 0.3) is 0 Å². The second kappa shape index (κ2) is 6.74. The molecule has 3 N–H and O–H groups in total. The van der Waals surface area contributed by atoms with Gasteiger partial charge in [-0.15, -0.1) is 11.3 Å². The van der Waals surface area contributed by atoms with Crippen LogP contribution in [0.2, 0.25) is 0 Å². The van der Waals surface area contributed by atoms with Crippen LogP contribution in [0.4, 0.5) is 4.79 Å². The van der Waals surface area contributed by atoms with Gasteiger partial charge in [-0.3, -0.25) is 4.79 Å². The van der Waals surface area contributed by atoms with Crippen molar-refractivity contribution < 1.29 is 9.59 Å². The lowest BCUT2D eigenvalue weighted by Gasteiger charge is -2.34. The monoisotopic (exact) mass is 295 g/mol. The number of thiophene rings is 1. The summed E-state index contributed by atoms with van der Waals surface area (Å²) in [5.74, 6) is 0.0874. The molecule has 3 amide bonds. The van der Waals surface area contributed by atoms with Crippen molar-refractivity contribution in [2.45, 2.75) is 44.7 Å². The number of hydrogen-bond donors (Lipinski definition) is 2. The highest BCUT2D eigenvalue weighted by molar-refractivity contribution is 7.10. The number of piperidine rings is 1. The fourth-order valence-corrected chi connectivity index (χ4v) is 3.42. The van der Waals surface area contributed by atoms with Crippen LogP contribution in [0.5, 0.6) is 0 Å². The van der Waals surface area contributed by atoms with Crippen LogP contribution in [-0.2, 0) is 4.79 Å². The fraction of sp³-hybridized carbons (Fsp3) is 0.571. The summed E-state index contributed by atoms with van der Waals surface area (Å²) in [4.78, 5) is 26.4. The van der Waals surface area contributed by atoms with Gasteiger partial charge < -0.3 is 16.0 Å². The molecule has 1 saturated heterocycles. The van der Waals surface area contributed by atoms with E-state index in [1.165, 1.54) is 17.8 Å². The molecule has 0 aliphatic carbocycles. The third-order valence-corrected chi connectivity index (χ3v) is 4.69. The van der Waals surface area contributed by atoms with Gasteiger partial charge in [0.05, 0.1) is 12.5 Å². The smallest absolute Gasteiger partial charge is 0.312 e. The first-order valence-electron chi connectivity index (χ1n) is 6.96. The molecule has 20 heavy (non-hydrogen) atoms. The minimum Gasteiger partial charge on any atom is -0.352 e. The molecule has 1 aromatic rings. The molecule has 2 rings (SSSR count). The molecule has 1 aromatic heterocycles. The maximum atomic E-state index is 12.4. The minimum atomic E-state index is -0.595. The Balaban J connectivity index is 2.03. The van der Waals surface area contributed by atoms with Crippen molar-refractivity contribution in [3.63, 3.8) is 0 Å². The van der Waals surface area contributed by atoms with Gasteiger partial charge in [-0.2, -0.15) is 0 Å². The molecule has 0 bridgehead atoms. The summed E-state index contributed by atoms with van der Waals surface area (Å²) >= 11 is 1.52. The van der Waals surface area contributed by atoms with Crippen molar-refractivity contribution in [3.05, 3.63) is 22.4 Å². The number of amides is 3. The molecule has 2 heterocycles. The van der Waals surface area contributed by atoms with E-state index in [9.17, 15) is 9.59 Å². The number of nitrogens with zero attached hydrogens (tertiary/aromatic N) is 1. The van der Waals surface area contributed by atoms with Crippen LogP contribution in [0.1, 0.15) is 43.5 Å². The number of hydrogen-bond acceptors (Lipinski definition) is 3. The summed E-state index contributed by atoms with van der Waals surface area (Å²) in [5, 5.41) is 4.60. The maximum absolute atomic E-state index is 12.4. The number of urea groups is 1. The van der Waals surface area contributed by atoms with E-state index in [2.05, 4.69) is 12.2 Å². The number of nitrogens with two attached hydrogens (primary N) is 1. The number of carbonyl (C=O) groups is 2. The summed E-state index contributed by atoms with van der Waals surface area (Å²) in [6.07, 6.45) is 3.56. The standard InChI is InChI=1S/C14H21N3O2S/c1-10-5-2-3-7-17(10)13(18)9-11(16-14(15)19)12-6-4-8-20-12/h4,6,8,10-11H,2-3,5,7,9H2,1H3,(H3,15,16,19). The van der Waals surface area contributed by atoms with Crippen molar-refractivity contribution in [1.82, 2.24) is 10.2 Å². The van der Waals surface area contributed by atoms with E-state index >= 15 is 0 Å². The van der Waals surface area contributed by atoms with Crippen LogP contribution < -0.4 is 11.1 Å². The van der Waals surface area contributed by atoms with Crippen molar-refractivity contribution in [1.29, 1.82) is 0 Å². The van der Waals surface area contributed by atoms with Gasteiger partial charge in [-0.25, -0.2) is 4.79 Å². The molecule has 2 unspecified atom stereocenters. The normalized spacial score (nSPS) is 20.4. The fourth-order valence-electron chi connectivity index (χ4n) is 2.64. The van der Waals surface area contributed by atoms with Gasteiger partial charge in [0.25, 0.3) is 0 Å². The molecule has 0 saturated carbocycles. The van der Waals surface area contributed by atoms with E-state index in [-0.39, 0.29) is 24.4 Å². The van der Waals surface area contributed by atoms with Gasteiger partial charge in [0.1, 0.15) is 0 Å². The Morgan fingerprint density at radius 1 is 1.55 bits per heavy atom. The van der Waals surface area contributed by atoms with E-state index < -0.39 is 6.03 Å². The minimum absolute atomic E-state index is 0.0874. The SMILES string of the molecule is CC1CCCCN1C(=O)CC(NC(N)=O)c1cccs1. The quantitative estimate of drug-likeness (QED) is 0.894. The molecule has 1 fully saturated rings. The molecular weight excluding hydrogens is 274 g/mol. The van der Waals surface area contributed by atoms with Crippen LogP contribution in [0.15, 0.2) is 17.5 Å². The van der Waals surface area contributed by atoms with Crippen LogP contribution >= 0.6 is 11.3 Å². The zero-order valence-electron chi connectivity index (χ0n) is 11.7. The predicted molar refractivity (Wildman–Crippen MR) is 79.4 cm³/mol. The lowest BCUT2D eigenvalue weighted by molar-refractivity contribution is -0.134. The summed E-state index contributed by atoms with van der Waals surface area (Å²) < 4.78 is 0. The summed E-state index contributed by atoms with van der Waals surface area (Å²) in [6.45, 7) is 2.90. The number of primary amides is 1. The third kappa shape index (κ3) is 3.72. The number of likely N-dealkylation sites (tertiary alicyclic amines) is 1. The topological polar surface area (TPSA) is 75.4 Å². The average molecular weight is 295 g/mol. The van der Waals surface area contributed by atoms with Gasteiger partial charge in [0, 0.05) is 17.5 Å². The Morgan fingerprint density at radius 2 is 2.35 bits per heavy atom. The lowest BCUT2D eigenvalue weighted by Crippen LogP contribution is -2.44. The Morgan fingerprint density at radius 3 is 2.95 bits per heavy atom. The molecule has 2 atom stereocenters. The highest BCUT2D eigenvalue weighted by Crippen LogP contribution is 2.25. The van der Waals surface area contributed by atoms with Crippen LogP contribution in [0, 0.1) is 0 Å². The zero-order valence-corrected chi connectivity index (χ0v) is 12.5. The first-order valence-corrected chi connectivity index (χ1v) is 7.84. The first kappa shape index (κ1) is 14.8. The molecule has 0 radical (unpaired) electrons. The third-order valence-electron chi connectivity index (χ3n) is 3.71. The number of carbonyl (C=O) groups excluding carboxylic acids is 2. The van der Waals surface area contributed by atoms with Gasteiger partial charge in [0.15, 0.2) is 0 Å². The molecule has 110 valence electrons. The van der Waals surface area contributed by atoms with Gasteiger partial charge >= 0.3 is 6.03 Å². The average Bonchev–Trinajstić information content (AvgIpc) is 2.91. The van der Waals surface area contributed by atoms with Crippen molar-refractivity contribution in [3.8, 4) is 0 Å². The Hall–Kier alpha value is -1.56. The molecule has 0 spiro atoms. The molecule has 5 nitrogen and oxygen atoms in total. The predicted octanol–water partition coefficient (Wildman–Crippen LogP) is 2.25. The molecule has 1 aliphatic heterocycles. The highest BCUT2D eigenvalue weighted by atomic mass is 32.1. The Labute approximate surface area is 123 Å². The van der Waals surface area contributed by atoms with E-state index in [1.54, 1.807) is 0 Å². The first-order chi connectivity index (χ1) is 9.58. The van der Waals surface area contributed by atoms with E-state index in [4.69, 9.17) is 5.73 Å². The van der Waals surface area contributed by atoms with Gasteiger partial charge in [0.2, 0.25) is 5.91 Å². The van der Waals surface area contributed by atoms with E-state index in [0.717, 1.165) is 24.3 Å².